The minimum atomic E-state index is -3.97. The fraction of sp³-hybridized carbons (Fsp3) is 0.273. The van der Waals surface area contributed by atoms with Gasteiger partial charge < -0.3 is 10.2 Å². The molecule has 0 aromatic heterocycles. The number of benzene rings is 4. The van der Waals surface area contributed by atoms with Gasteiger partial charge in [-0.2, -0.15) is 4.31 Å². The number of sulfonamides is 1. The minimum absolute atomic E-state index is 0.108. The zero-order chi connectivity index (χ0) is 29.4. The average Bonchev–Trinajstić information content (AvgIpc) is 2.98. The molecule has 1 N–H and O–H groups in total. The lowest BCUT2D eigenvalue weighted by Crippen LogP contribution is -2.53. The number of rotatable bonds is 12. The average molecular weight is 572 g/mol. The molecule has 0 aliphatic rings. The molecule has 0 aliphatic heterocycles. The van der Waals surface area contributed by atoms with Crippen LogP contribution in [0.1, 0.15) is 25.0 Å². The number of nitrogens with zero attached hydrogens (tertiary/aromatic N) is 2. The van der Waals surface area contributed by atoms with E-state index < -0.39 is 28.5 Å². The Morgan fingerprint density at radius 3 is 2.00 bits per heavy atom. The second-order valence-corrected chi connectivity index (χ2v) is 12.7. The maximum Gasteiger partial charge on any atom is 0.243 e. The lowest BCUT2D eigenvalue weighted by molar-refractivity contribution is -0.141. The number of amides is 2. The summed E-state index contributed by atoms with van der Waals surface area (Å²) in [7, 11) is -2.58. The Morgan fingerprint density at radius 2 is 1.37 bits per heavy atom. The number of fused-ring (bicyclic) bond motifs is 1. The number of nitrogens with one attached hydrogen (secondary N) is 1. The van der Waals surface area contributed by atoms with Crippen molar-refractivity contribution in [3.8, 4) is 0 Å². The van der Waals surface area contributed by atoms with Crippen LogP contribution in [0.4, 0.5) is 0 Å². The van der Waals surface area contributed by atoms with Gasteiger partial charge in [-0.05, 0) is 39.9 Å². The molecular formula is C33H37N3O4S. The molecule has 0 heterocycles. The zero-order valence-corrected chi connectivity index (χ0v) is 24.6. The van der Waals surface area contributed by atoms with Crippen LogP contribution in [0.3, 0.4) is 0 Å². The van der Waals surface area contributed by atoms with Crippen LogP contribution >= 0.6 is 0 Å². The highest BCUT2D eigenvalue weighted by Gasteiger charge is 2.33. The summed E-state index contributed by atoms with van der Waals surface area (Å²) in [5.41, 5.74) is 1.75. The Balaban J connectivity index is 1.65. The molecule has 0 fully saturated rings. The summed E-state index contributed by atoms with van der Waals surface area (Å²) in [5, 5.41) is 4.71. The van der Waals surface area contributed by atoms with Crippen molar-refractivity contribution >= 4 is 32.6 Å². The Kier molecular flexibility index (Phi) is 9.91. The van der Waals surface area contributed by atoms with Gasteiger partial charge in [-0.1, -0.05) is 105 Å². The summed E-state index contributed by atoms with van der Waals surface area (Å²) >= 11 is 0. The highest BCUT2D eigenvalue weighted by molar-refractivity contribution is 7.89. The Bertz CT molecular complexity index is 1570. The lowest BCUT2D eigenvalue weighted by Gasteiger charge is -2.33. The molecule has 4 aromatic carbocycles. The van der Waals surface area contributed by atoms with Crippen LogP contribution < -0.4 is 5.32 Å². The van der Waals surface area contributed by atoms with Crippen molar-refractivity contribution in [1.82, 2.24) is 14.5 Å². The molecule has 0 aliphatic carbocycles. The highest BCUT2D eigenvalue weighted by atomic mass is 32.2. The lowest BCUT2D eigenvalue weighted by atomic mass is 10.0. The first kappa shape index (κ1) is 30.0. The first-order valence-electron chi connectivity index (χ1n) is 13.8. The van der Waals surface area contributed by atoms with E-state index in [9.17, 15) is 18.0 Å². The minimum Gasteiger partial charge on any atom is -0.354 e. The van der Waals surface area contributed by atoms with Crippen molar-refractivity contribution < 1.29 is 18.0 Å². The topological polar surface area (TPSA) is 86.8 Å². The SMILES string of the molecule is CC(C)CNC(=O)C(Cc1ccccc1)N(Cc1ccccc1)C(=O)CN(C)S(=O)(=O)c1ccc2ccccc2c1. The van der Waals surface area contributed by atoms with Crippen molar-refractivity contribution in [2.24, 2.45) is 5.92 Å². The summed E-state index contributed by atoms with van der Waals surface area (Å²) in [4.78, 5) is 29.2. The monoisotopic (exact) mass is 571 g/mol. The smallest absolute Gasteiger partial charge is 0.243 e. The van der Waals surface area contributed by atoms with Gasteiger partial charge in [-0.3, -0.25) is 9.59 Å². The fourth-order valence-electron chi connectivity index (χ4n) is 4.63. The third-order valence-electron chi connectivity index (χ3n) is 6.94. The predicted octanol–water partition coefficient (Wildman–Crippen LogP) is 4.87. The quantitative estimate of drug-likeness (QED) is 0.263. The van der Waals surface area contributed by atoms with E-state index in [4.69, 9.17) is 0 Å². The van der Waals surface area contributed by atoms with Crippen LogP contribution in [0.2, 0.25) is 0 Å². The Morgan fingerprint density at radius 1 is 0.780 bits per heavy atom. The number of carbonyl (C=O) groups excluding carboxylic acids is 2. The van der Waals surface area contributed by atoms with Gasteiger partial charge in [0.05, 0.1) is 11.4 Å². The molecule has 0 spiro atoms. The van der Waals surface area contributed by atoms with Gasteiger partial charge >= 0.3 is 0 Å². The second kappa shape index (κ2) is 13.6. The van der Waals surface area contributed by atoms with Gasteiger partial charge in [0.2, 0.25) is 21.8 Å². The highest BCUT2D eigenvalue weighted by Crippen LogP contribution is 2.22. The molecule has 0 bridgehead atoms. The van der Waals surface area contributed by atoms with E-state index in [1.165, 1.54) is 11.9 Å². The molecule has 214 valence electrons. The summed E-state index contributed by atoms with van der Waals surface area (Å²) in [6.07, 6.45) is 0.296. The third-order valence-corrected chi connectivity index (χ3v) is 8.74. The molecule has 8 heteroatoms. The molecule has 0 saturated heterocycles. The molecule has 2 amide bonds. The molecule has 0 radical (unpaired) electrons. The predicted molar refractivity (Wildman–Crippen MR) is 163 cm³/mol. The molecule has 7 nitrogen and oxygen atoms in total. The van der Waals surface area contributed by atoms with Gasteiger partial charge in [-0.25, -0.2) is 8.42 Å². The zero-order valence-electron chi connectivity index (χ0n) is 23.7. The normalized spacial score (nSPS) is 12.4. The van der Waals surface area contributed by atoms with Crippen molar-refractivity contribution in [3.63, 3.8) is 0 Å². The molecule has 41 heavy (non-hydrogen) atoms. The first-order valence-corrected chi connectivity index (χ1v) is 15.2. The van der Waals surface area contributed by atoms with Crippen molar-refractivity contribution in [2.75, 3.05) is 20.1 Å². The molecule has 1 atom stereocenters. The number of likely N-dealkylation sites (N-methyl/N-ethyl adjacent to an activating group) is 1. The second-order valence-electron chi connectivity index (χ2n) is 10.6. The van der Waals surface area contributed by atoms with E-state index in [2.05, 4.69) is 5.32 Å². The van der Waals surface area contributed by atoms with Crippen LogP contribution in [0.15, 0.2) is 108 Å². The van der Waals surface area contributed by atoms with Crippen LogP contribution in [-0.4, -0.2) is 55.6 Å². The largest absolute Gasteiger partial charge is 0.354 e. The molecule has 0 saturated carbocycles. The van der Waals surface area contributed by atoms with Gasteiger partial charge in [0.15, 0.2) is 0 Å². The van der Waals surface area contributed by atoms with Crippen LogP contribution in [-0.2, 0) is 32.6 Å². The first-order chi connectivity index (χ1) is 19.6. The van der Waals surface area contributed by atoms with E-state index in [1.54, 1.807) is 18.2 Å². The van der Waals surface area contributed by atoms with Crippen LogP contribution in [0.25, 0.3) is 10.8 Å². The summed E-state index contributed by atoms with van der Waals surface area (Å²) in [5.74, 6) is -0.499. The van der Waals surface area contributed by atoms with Crippen molar-refractivity contribution in [3.05, 3.63) is 114 Å². The Labute approximate surface area is 242 Å². The van der Waals surface area contributed by atoms with Gasteiger partial charge in [0, 0.05) is 26.6 Å². The van der Waals surface area contributed by atoms with E-state index in [1.807, 2.05) is 98.8 Å². The van der Waals surface area contributed by atoms with Crippen molar-refractivity contribution in [2.45, 2.75) is 37.8 Å². The van der Waals surface area contributed by atoms with Crippen LogP contribution in [0, 0.1) is 5.92 Å². The summed E-state index contributed by atoms with van der Waals surface area (Å²) in [6.45, 7) is 4.23. The van der Waals surface area contributed by atoms with Crippen molar-refractivity contribution in [1.29, 1.82) is 0 Å². The van der Waals surface area contributed by atoms with E-state index in [-0.39, 0.29) is 23.3 Å². The van der Waals surface area contributed by atoms with Crippen LogP contribution in [0.5, 0.6) is 0 Å². The van der Waals surface area contributed by atoms with E-state index in [0.717, 1.165) is 26.2 Å². The molecule has 4 aromatic rings. The third kappa shape index (κ3) is 7.80. The van der Waals surface area contributed by atoms with E-state index >= 15 is 0 Å². The van der Waals surface area contributed by atoms with Gasteiger partial charge in [-0.15, -0.1) is 0 Å². The molecule has 1 unspecified atom stereocenters. The fourth-order valence-corrected chi connectivity index (χ4v) is 5.79. The molecular weight excluding hydrogens is 534 g/mol. The maximum atomic E-state index is 14.0. The maximum absolute atomic E-state index is 14.0. The Hall–Kier alpha value is -4.01. The summed E-state index contributed by atoms with van der Waals surface area (Å²) < 4.78 is 28.1. The van der Waals surface area contributed by atoms with E-state index in [0.29, 0.717) is 13.0 Å². The number of hydrogen-bond donors (Lipinski definition) is 1. The molecule has 4 rings (SSSR count). The van der Waals surface area contributed by atoms with Gasteiger partial charge in [0.1, 0.15) is 6.04 Å². The number of carbonyl (C=O) groups is 2. The summed E-state index contributed by atoms with van der Waals surface area (Å²) in [6, 6.07) is 30.6. The standard InChI is InChI=1S/C33H37N3O4S/c1-25(2)22-34-33(38)31(20-26-12-6-4-7-13-26)36(23-27-14-8-5-9-15-27)32(37)24-35(3)41(39,40)30-19-18-28-16-10-11-17-29(28)21-30/h4-19,21,25,31H,20,22-24H2,1-3H3,(H,34,38). The van der Waals surface area contributed by atoms with Gasteiger partial charge in [0.25, 0.3) is 0 Å². The number of hydrogen-bond acceptors (Lipinski definition) is 4.